The second kappa shape index (κ2) is 5.99. The van der Waals surface area contributed by atoms with Gasteiger partial charge in [-0.05, 0) is 18.6 Å². The SMILES string of the molecule is O=S(=O)(CCNC1CCn2cncc2C1)c1ccccc1. The molecule has 2 heterocycles. The summed E-state index contributed by atoms with van der Waals surface area (Å²) in [5.41, 5.74) is 1.21. The van der Waals surface area contributed by atoms with Crippen LogP contribution < -0.4 is 5.32 Å². The third kappa shape index (κ3) is 3.33. The molecule has 0 radical (unpaired) electrons. The van der Waals surface area contributed by atoms with Crippen LogP contribution in [-0.2, 0) is 22.8 Å². The lowest BCUT2D eigenvalue weighted by Crippen LogP contribution is -2.38. The predicted molar refractivity (Wildman–Crippen MR) is 80.8 cm³/mol. The number of hydrogen-bond acceptors (Lipinski definition) is 4. The summed E-state index contributed by atoms with van der Waals surface area (Å²) in [7, 11) is -3.19. The highest BCUT2D eigenvalue weighted by atomic mass is 32.2. The van der Waals surface area contributed by atoms with E-state index in [2.05, 4.69) is 14.9 Å². The van der Waals surface area contributed by atoms with Gasteiger partial charge in [0.25, 0.3) is 0 Å². The van der Waals surface area contributed by atoms with Crippen LogP contribution in [0.2, 0.25) is 0 Å². The normalized spacial score (nSPS) is 18.4. The number of benzene rings is 1. The minimum absolute atomic E-state index is 0.132. The van der Waals surface area contributed by atoms with Gasteiger partial charge in [0.05, 0.1) is 17.0 Å². The molecule has 2 aromatic rings. The Morgan fingerprint density at radius 1 is 1.29 bits per heavy atom. The molecule has 1 aromatic heterocycles. The Balaban J connectivity index is 1.53. The first-order valence-electron chi connectivity index (χ1n) is 7.15. The van der Waals surface area contributed by atoms with Crippen molar-refractivity contribution in [3.63, 3.8) is 0 Å². The molecule has 1 aliphatic heterocycles. The van der Waals surface area contributed by atoms with Crippen LogP contribution in [0.4, 0.5) is 0 Å². The second-order valence-electron chi connectivity index (χ2n) is 5.35. The first kappa shape index (κ1) is 14.3. The summed E-state index contributed by atoms with van der Waals surface area (Å²) in [5.74, 6) is 0.132. The lowest BCUT2D eigenvalue weighted by Gasteiger charge is -2.24. The first-order valence-corrected chi connectivity index (χ1v) is 8.80. The van der Waals surface area contributed by atoms with Gasteiger partial charge in [0.2, 0.25) is 0 Å². The van der Waals surface area contributed by atoms with E-state index in [0.29, 0.717) is 17.5 Å². The van der Waals surface area contributed by atoms with Crippen molar-refractivity contribution in [1.82, 2.24) is 14.9 Å². The maximum atomic E-state index is 12.2. The molecule has 1 aromatic carbocycles. The summed E-state index contributed by atoms with van der Waals surface area (Å²) in [5, 5.41) is 3.36. The number of imidazole rings is 1. The van der Waals surface area contributed by atoms with Crippen molar-refractivity contribution in [3.8, 4) is 0 Å². The van der Waals surface area contributed by atoms with Gasteiger partial charge in [-0.3, -0.25) is 0 Å². The van der Waals surface area contributed by atoms with E-state index in [4.69, 9.17) is 0 Å². The molecule has 1 unspecified atom stereocenters. The molecule has 0 aliphatic carbocycles. The average Bonchev–Trinajstić information content (AvgIpc) is 2.95. The Morgan fingerprint density at radius 2 is 2.10 bits per heavy atom. The largest absolute Gasteiger partial charge is 0.334 e. The Hall–Kier alpha value is -1.66. The van der Waals surface area contributed by atoms with Crippen LogP contribution in [0.1, 0.15) is 12.1 Å². The molecule has 0 amide bonds. The third-order valence-corrected chi connectivity index (χ3v) is 5.61. The molecule has 112 valence electrons. The van der Waals surface area contributed by atoms with Gasteiger partial charge >= 0.3 is 0 Å². The highest BCUT2D eigenvalue weighted by Gasteiger charge is 2.19. The Morgan fingerprint density at radius 3 is 2.90 bits per heavy atom. The van der Waals surface area contributed by atoms with E-state index in [1.54, 1.807) is 24.3 Å². The number of fused-ring (bicyclic) bond motifs is 1. The lowest BCUT2D eigenvalue weighted by atomic mass is 10.0. The summed E-state index contributed by atoms with van der Waals surface area (Å²) in [6, 6.07) is 8.96. The van der Waals surface area contributed by atoms with Crippen molar-refractivity contribution in [2.75, 3.05) is 12.3 Å². The molecule has 1 N–H and O–H groups in total. The number of rotatable bonds is 5. The highest BCUT2D eigenvalue weighted by molar-refractivity contribution is 7.91. The molecular formula is C15H19N3O2S. The smallest absolute Gasteiger partial charge is 0.179 e. The predicted octanol–water partition coefficient (Wildman–Crippen LogP) is 1.26. The summed E-state index contributed by atoms with van der Waals surface area (Å²) in [6.07, 6.45) is 5.65. The van der Waals surface area contributed by atoms with Crippen molar-refractivity contribution >= 4 is 9.84 Å². The monoisotopic (exact) mass is 305 g/mol. The molecule has 0 saturated heterocycles. The van der Waals surface area contributed by atoms with Crippen LogP contribution in [0, 0.1) is 0 Å². The first-order chi connectivity index (χ1) is 10.1. The lowest BCUT2D eigenvalue weighted by molar-refractivity contribution is 0.407. The van der Waals surface area contributed by atoms with Gasteiger partial charge in [-0.15, -0.1) is 0 Å². The number of nitrogens with one attached hydrogen (secondary N) is 1. The van der Waals surface area contributed by atoms with E-state index in [1.807, 2.05) is 18.6 Å². The molecule has 3 rings (SSSR count). The average molecular weight is 305 g/mol. The minimum Gasteiger partial charge on any atom is -0.334 e. The topological polar surface area (TPSA) is 64.0 Å². The zero-order valence-electron chi connectivity index (χ0n) is 11.8. The molecule has 0 spiro atoms. The van der Waals surface area contributed by atoms with Gasteiger partial charge < -0.3 is 9.88 Å². The molecule has 5 nitrogen and oxygen atoms in total. The van der Waals surface area contributed by atoms with E-state index in [9.17, 15) is 8.42 Å². The van der Waals surface area contributed by atoms with Gasteiger partial charge in [0, 0.05) is 37.4 Å². The number of nitrogens with zero attached hydrogens (tertiary/aromatic N) is 2. The second-order valence-corrected chi connectivity index (χ2v) is 7.46. The van der Waals surface area contributed by atoms with Gasteiger partial charge in [-0.1, -0.05) is 18.2 Å². The van der Waals surface area contributed by atoms with Crippen molar-refractivity contribution in [3.05, 3.63) is 48.5 Å². The van der Waals surface area contributed by atoms with E-state index < -0.39 is 9.84 Å². The van der Waals surface area contributed by atoms with Crippen LogP contribution in [-0.4, -0.2) is 36.3 Å². The number of aryl methyl sites for hydroxylation is 1. The minimum atomic E-state index is -3.19. The maximum absolute atomic E-state index is 12.2. The molecule has 21 heavy (non-hydrogen) atoms. The standard InChI is InChI=1S/C15H19N3O2S/c19-21(20,15-4-2-1-3-5-15)9-7-17-13-6-8-18-12-16-11-14(18)10-13/h1-5,11-13,17H,6-10H2. The zero-order chi connectivity index (χ0) is 14.7. The molecule has 1 aliphatic rings. The van der Waals surface area contributed by atoms with Crippen LogP contribution in [0.5, 0.6) is 0 Å². The number of aromatic nitrogens is 2. The fourth-order valence-corrected chi connectivity index (χ4v) is 3.88. The Bertz CT molecular complexity index is 695. The molecule has 0 fully saturated rings. The van der Waals surface area contributed by atoms with Crippen molar-refractivity contribution in [2.24, 2.45) is 0 Å². The van der Waals surface area contributed by atoms with Crippen molar-refractivity contribution in [1.29, 1.82) is 0 Å². The maximum Gasteiger partial charge on any atom is 0.179 e. The summed E-state index contributed by atoms with van der Waals surface area (Å²) < 4.78 is 26.5. The van der Waals surface area contributed by atoms with E-state index in [1.165, 1.54) is 5.69 Å². The van der Waals surface area contributed by atoms with Crippen LogP contribution >= 0.6 is 0 Å². The molecule has 0 saturated carbocycles. The van der Waals surface area contributed by atoms with Crippen molar-refractivity contribution in [2.45, 2.75) is 30.3 Å². The van der Waals surface area contributed by atoms with E-state index >= 15 is 0 Å². The number of sulfone groups is 1. The fourth-order valence-electron chi connectivity index (χ4n) is 2.69. The van der Waals surface area contributed by atoms with Gasteiger partial charge in [0.1, 0.15) is 0 Å². The van der Waals surface area contributed by atoms with Gasteiger partial charge in [-0.2, -0.15) is 0 Å². The molecular weight excluding hydrogens is 286 g/mol. The van der Waals surface area contributed by atoms with Crippen LogP contribution in [0.3, 0.4) is 0 Å². The molecule has 1 atom stereocenters. The van der Waals surface area contributed by atoms with Gasteiger partial charge in [0.15, 0.2) is 9.84 Å². The van der Waals surface area contributed by atoms with Crippen LogP contribution in [0.15, 0.2) is 47.8 Å². The van der Waals surface area contributed by atoms with E-state index in [-0.39, 0.29) is 5.75 Å². The highest BCUT2D eigenvalue weighted by Crippen LogP contribution is 2.14. The van der Waals surface area contributed by atoms with E-state index in [0.717, 1.165) is 19.4 Å². The van der Waals surface area contributed by atoms with Gasteiger partial charge in [-0.25, -0.2) is 13.4 Å². The molecule has 6 heteroatoms. The summed E-state index contributed by atoms with van der Waals surface area (Å²) in [4.78, 5) is 4.53. The quantitative estimate of drug-likeness (QED) is 0.903. The third-order valence-electron chi connectivity index (χ3n) is 3.88. The molecule has 0 bridgehead atoms. The number of hydrogen-bond donors (Lipinski definition) is 1. The van der Waals surface area contributed by atoms with Crippen LogP contribution in [0.25, 0.3) is 0 Å². The zero-order valence-corrected chi connectivity index (χ0v) is 12.6. The van der Waals surface area contributed by atoms with Crippen molar-refractivity contribution < 1.29 is 8.42 Å². The summed E-state index contributed by atoms with van der Waals surface area (Å²) in [6.45, 7) is 1.43. The Kier molecular flexibility index (Phi) is 4.07. The Labute approximate surface area is 124 Å². The summed E-state index contributed by atoms with van der Waals surface area (Å²) >= 11 is 0. The fraction of sp³-hybridized carbons (Fsp3) is 0.400.